The first-order chi connectivity index (χ1) is 30.4. The van der Waals surface area contributed by atoms with E-state index in [1.165, 1.54) is 33.9 Å². The number of hydrogen-bond donors (Lipinski definition) is 3. The fraction of sp³-hybridized carbons (Fsp3) is 0.512. The van der Waals surface area contributed by atoms with Crippen molar-refractivity contribution < 1.29 is 45.9 Å². The molecule has 63 heavy (non-hydrogen) atoms. The highest BCUT2D eigenvalue weighted by atomic mass is 19.3. The summed E-state index contributed by atoms with van der Waals surface area (Å²) in [5, 5.41) is 16.3. The molecule has 0 radical (unpaired) electrons. The van der Waals surface area contributed by atoms with Crippen LogP contribution < -0.4 is 20.9 Å². The number of fused-ring (bicyclic) bond motifs is 4. The molecule has 10 rings (SSSR count). The Morgan fingerprint density at radius 2 is 1.79 bits per heavy atom. The maximum absolute atomic E-state index is 15.7. The van der Waals surface area contributed by atoms with Crippen LogP contribution in [-0.2, 0) is 19.1 Å². The molecular weight excluding hydrogens is 829 g/mol. The Kier molecular flexibility index (Phi) is 10.7. The van der Waals surface area contributed by atoms with E-state index in [4.69, 9.17) is 14.1 Å². The highest BCUT2D eigenvalue weighted by molar-refractivity contribution is 6.08. The number of ether oxygens (including phenoxy) is 1. The van der Waals surface area contributed by atoms with E-state index < -0.39 is 47.6 Å². The van der Waals surface area contributed by atoms with Crippen LogP contribution in [0.5, 0.6) is 0 Å². The topological polar surface area (TPSA) is 181 Å². The molecule has 3 N–H and O–H groups in total. The van der Waals surface area contributed by atoms with Crippen LogP contribution in [0.1, 0.15) is 97.8 Å². The lowest BCUT2D eigenvalue weighted by atomic mass is 9.84. The highest BCUT2D eigenvalue weighted by Crippen LogP contribution is 2.40. The lowest BCUT2D eigenvalue weighted by Gasteiger charge is -2.38. The van der Waals surface area contributed by atoms with Gasteiger partial charge in [-0.2, -0.15) is 19.0 Å². The van der Waals surface area contributed by atoms with Crippen LogP contribution in [0.4, 0.5) is 34.8 Å². The second-order valence-electron chi connectivity index (χ2n) is 17.5. The molecule has 5 aromatic rings. The maximum Gasteiger partial charge on any atom is 0.327 e. The van der Waals surface area contributed by atoms with Crippen LogP contribution in [0.15, 0.2) is 53.5 Å². The Morgan fingerprint density at radius 3 is 2.52 bits per heavy atom. The van der Waals surface area contributed by atoms with Crippen molar-refractivity contribution in [3.8, 4) is 0 Å². The summed E-state index contributed by atoms with van der Waals surface area (Å²) in [5.74, 6) is -7.36. The summed E-state index contributed by atoms with van der Waals surface area (Å²) < 4.78 is 74.3. The van der Waals surface area contributed by atoms with Gasteiger partial charge in [-0.1, -0.05) is 12.1 Å². The number of furan rings is 1. The van der Waals surface area contributed by atoms with Crippen molar-refractivity contribution in [1.82, 2.24) is 34.6 Å². The van der Waals surface area contributed by atoms with Gasteiger partial charge in [-0.15, -0.1) is 0 Å². The van der Waals surface area contributed by atoms with Crippen molar-refractivity contribution in [2.75, 3.05) is 48.3 Å². The van der Waals surface area contributed by atoms with E-state index in [0.29, 0.717) is 68.0 Å². The van der Waals surface area contributed by atoms with Gasteiger partial charge in [-0.05, 0) is 82.5 Å². The number of carbonyl (C=O) groups is 4. The minimum Gasteiger partial charge on any atom is -0.462 e. The van der Waals surface area contributed by atoms with Gasteiger partial charge in [-0.3, -0.25) is 29.2 Å². The molecule has 1 aromatic carbocycles. The Hall–Kier alpha value is -5.89. The predicted molar refractivity (Wildman–Crippen MR) is 219 cm³/mol. The third kappa shape index (κ3) is 7.80. The number of morpholine rings is 1. The van der Waals surface area contributed by atoms with Gasteiger partial charge in [0.1, 0.15) is 11.4 Å². The summed E-state index contributed by atoms with van der Waals surface area (Å²) in [5.41, 5.74) is 0.621. The third-order valence-electron chi connectivity index (χ3n) is 13.6. The zero-order valence-electron chi connectivity index (χ0n) is 34.2. The predicted octanol–water partition coefficient (Wildman–Crippen LogP) is 6.08. The molecule has 5 aliphatic rings. The number of halogens is 4. The van der Waals surface area contributed by atoms with Crippen LogP contribution >= 0.6 is 0 Å². The molecule has 0 spiro atoms. The molecule has 1 unspecified atom stereocenters. The van der Waals surface area contributed by atoms with Crippen LogP contribution in [0.3, 0.4) is 0 Å². The SMILES string of the molecule is O=C1CCC(c2coc3c(NC(=O)C(F)(F)C4CCN(CC5CCC(n6cc(NC(=O)c7cnn8ccc(N9C[C@H]%10C[C@@H]9CO%10)nc78)c(C(F)F)n6)CC5)CC4)cccc23)C(=O)N1. The summed E-state index contributed by atoms with van der Waals surface area (Å²) in [6, 6.07) is 6.62. The molecule has 332 valence electrons. The number of nitrogens with one attached hydrogen (secondary N) is 3. The van der Waals surface area contributed by atoms with E-state index in [0.717, 1.165) is 19.3 Å². The molecule has 4 aromatic heterocycles. The number of piperidine rings is 2. The second-order valence-corrected chi connectivity index (χ2v) is 17.5. The van der Waals surface area contributed by atoms with Gasteiger partial charge in [0.2, 0.25) is 11.8 Å². The normalized spacial score (nSPS) is 24.8. The number of carbonyl (C=O) groups excluding carboxylic acids is 4. The number of amides is 4. The zero-order chi connectivity index (χ0) is 43.6. The smallest absolute Gasteiger partial charge is 0.327 e. The first-order valence-electron chi connectivity index (χ1n) is 21.6. The second kappa shape index (κ2) is 16.3. The van der Waals surface area contributed by atoms with Gasteiger partial charge in [-0.25, -0.2) is 18.3 Å². The monoisotopic (exact) mass is 874 g/mol. The fourth-order valence-electron chi connectivity index (χ4n) is 10.2. The van der Waals surface area contributed by atoms with E-state index in [1.54, 1.807) is 18.3 Å². The van der Waals surface area contributed by atoms with Crippen molar-refractivity contribution >= 4 is 57.4 Å². The molecule has 4 saturated heterocycles. The van der Waals surface area contributed by atoms with Gasteiger partial charge < -0.3 is 29.6 Å². The number of alkyl halides is 4. The van der Waals surface area contributed by atoms with E-state index in [9.17, 15) is 28.0 Å². The van der Waals surface area contributed by atoms with E-state index in [1.807, 2.05) is 6.07 Å². The lowest BCUT2D eigenvalue weighted by Crippen LogP contribution is -2.47. The molecule has 8 heterocycles. The van der Waals surface area contributed by atoms with Crippen molar-refractivity contribution in [2.24, 2.45) is 11.8 Å². The molecule has 4 amide bonds. The lowest BCUT2D eigenvalue weighted by molar-refractivity contribution is -0.151. The van der Waals surface area contributed by atoms with Crippen LogP contribution in [0.2, 0.25) is 0 Å². The Morgan fingerprint density at radius 1 is 0.984 bits per heavy atom. The minimum atomic E-state index is -3.65. The van der Waals surface area contributed by atoms with Crippen LogP contribution in [0.25, 0.3) is 16.6 Å². The van der Waals surface area contributed by atoms with Gasteiger partial charge >= 0.3 is 5.92 Å². The minimum absolute atomic E-state index is 0.0699. The molecule has 4 aliphatic heterocycles. The fourth-order valence-corrected chi connectivity index (χ4v) is 10.2. The summed E-state index contributed by atoms with van der Waals surface area (Å²) in [4.78, 5) is 59.8. The van der Waals surface area contributed by atoms with E-state index in [-0.39, 0.29) is 78.2 Å². The largest absolute Gasteiger partial charge is 0.462 e. The Labute approximate surface area is 357 Å². The van der Waals surface area contributed by atoms with Crippen molar-refractivity contribution in [3.05, 3.63) is 65.9 Å². The van der Waals surface area contributed by atoms with E-state index >= 15 is 8.78 Å². The number of anilines is 3. The maximum atomic E-state index is 15.7. The Bertz CT molecular complexity index is 2580. The van der Waals surface area contributed by atoms with Gasteiger partial charge in [0.25, 0.3) is 18.2 Å². The standard InChI is InChI=1S/C43H46F4N10O6/c44-38(45)36-33(49-41(60)30-17-48-56-15-12-34(51-39(30)56)55-19-27-16-26(55)21-62-27)20-57(53-36)25-6-4-23(5-7-25)18-54-13-10-24(11-14-54)43(46,47)42(61)50-32-3-1-2-28-31(22-63-37(28)32)29-8-9-35(58)52-40(29)59/h1-3,12,15,17,20,22-27,29,38H,4-11,13-14,16,18-19,21H2,(H,49,60)(H,50,61)(H,52,58,59)/t23?,25?,26-,27-,29?/m1/s1. The average Bonchev–Trinajstić information content (AvgIpc) is 4.13. The first kappa shape index (κ1) is 41.1. The Balaban J connectivity index is 0.719. The van der Waals surface area contributed by atoms with Gasteiger partial charge in [0.05, 0.1) is 54.5 Å². The summed E-state index contributed by atoms with van der Waals surface area (Å²) in [7, 11) is 0. The number of aromatic nitrogens is 5. The number of rotatable bonds is 11. The number of hydrogen-bond acceptors (Lipinski definition) is 11. The molecule has 20 heteroatoms. The molecule has 3 atom stereocenters. The summed E-state index contributed by atoms with van der Waals surface area (Å²) in [6.07, 6.45) is 7.65. The number of para-hydroxylation sites is 1. The summed E-state index contributed by atoms with van der Waals surface area (Å²) in [6.45, 7) is 2.81. The van der Waals surface area contributed by atoms with Crippen molar-refractivity contribution in [1.29, 1.82) is 0 Å². The number of likely N-dealkylation sites (tertiary alicyclic amines) is 1. The quantitative estimate of drug-likeness (QED) is 0.103. The third-order valence-corrected chi connectivity index (χ3v) is 13.6. The van der Waals surface area contributed by atoms with Crippen LogP contribution in [-0.4, -0.2) is 104 Å². The molecular formula is C43H46F4N10O6. The summed E-state index contributed by atoms with van der Waals surface area (Å²) >= 11 is 0. The van der Waals surface area contributed by atoms with Crippen molar-refractivity contribution in [3.63, 3.8) is 0 Å². The zero-order valence-corrected chi connectivity index (χ0v) is 34.2. The molecule has 16 nitrogen and oxygen atoms in total. The molecule has 5 fully saturated rings. The number of imide groups is 1. The van der Waals surface area contributed by atoms with Gasteiger partial charge in [0, 0.05) is 48.8 Å². The highest BCUT2D eigenvalue weighted by Gasteiger charge is 2.48. The molecule has 2 bridgehead atoms. The number of benzene rings is 1. The van der Waals surface area contributed by atoms with E-state index in [2.05, 4.69) is 35.9 Å². The van der Waals surface area contributed by atoms with Gasteiger partial charge in [0.15, 0.2) is 16.9 Å². The first-order valence-corrected chi connectivity index (χ1v) is 21.6. The molecule has 1 aliphatic carbocycles. The average molecular weight is 875 g/mol. The number of nitrogens with zero attached hydrogens (tertiary/aromatic N) is 7. The molecule has 1 saturated carbocycles. The van der Waals surface area contributed by atoms with Crippen molar-refractivity contribution in [2.45, 2.75) is 94.2 Å². The van der Waals surface area contributed by atoms with Crippen LogP contribution in [0, 0.1) is 11.8 Å².